The topological polar surface area (TPSA) is 39.2 Å². The molecule has 0 amide bonds. The Morgan fingerprint density at radius 2 is 1.77 bits per heavy atom. The third kappa shape index (κ3) is 5.35. The predicted octanol–water partition coefficient (Wildman–Crippen LogP) is 7.09. The summed E-state index contributed by atoms with van der Waals surface area (Å²) in [6, 6.07) is 25.0. The van der Waals surface area contributed by atoms with Gasteiger partial charge in [0, 0.05) is 27.3 Å². The zero-order chi connectivity index (χ0) is 21.6. The van der Waals surface area contributed by atoms with Gasteiger partial charge in [-0.3, -0.25) is 4.79 Å². The zero-order valence-electron chi connectivity index (χ0n) is 16.9. The molecule has 0 aliphatic heterocycles. The van der Waals surface area contributed by atoms with Crippen LogP contribution >= 0.6 is 23.4 Å². The average Bonchev–Trinajstić information content (AvgIpc) is 2.82. The van der Waals surface area contributed by atoms with Gasteiger partial charge in [-0.1, -0.05) is 41.9 Å². The van der Waals surface area contributed by atoms with Crippen molar-refractivity contribution in [2.45, 2.75) is 10.8 Å². The summed E-state index contributed by atoms with van der Waals surface area (Å²) in [5.41, 5.74) is 3.62. The van der Waals surface area contributed by atoms with E-state index in [0.717, 1.165) is 43.6 Å². The van der Waals surface area contributed by atoms with Crippen LogP contribution in [0.3, 0.4) is 0 Å². The number of thioether (sulfide) groups is 1. The molecule has 0 aliphatic carbocycles. The Balaban J connectivity index is 1.61. The van der Waals surface area contributed by atoms with Gasteiger partial charge < -0.3 is 4.74 Å². The molecule has 0 unspecified atom stereocenters. The van der Waals surface area contributed by atoms with Gasteiger partial charge in [0.2, 0.25) is 0 Å². The number of carbonyl (C=O) groups is 1. The van der Waals surface area contributed by atoms with Crippen LogP contribution in [-0.2, 0) is 5.75 Å². The third-order valence-electron chi connectivity index (χ3n) is 4.79. The number of rotatable bonds is 7. The summed E-state index contributed by atoms with van der Waals surface area (Å²) in [6.07, 6.45) is 3.44. The van der Waals surface area contributed by atoms with Gasteiger partial charge in [0.1, 0.15) is 10.8 Å². The van der Waals surface area contributed by atoms with Crippen LogP contribution in [0, 0.1) is 0 Å². The lowest BCUT2D eigenvalue weighted by Gasteiger charge is -2.08. The minimum absolute atomic E-state index is 0.0653. The maximum Gasteiger partial charge on any atom is 0.185 e. The summed E-state index contributed by atoms with van der Waals surface area (Å²) < 4.78 is 5.16. The van der Waals surface area contributed by atoms with Gasteiger partial charge in [0.25, 0.3) is 0 Å². The molecule has 4 rings (SSSR count). The summed E-state index contributed by atoms with van der Waals surface area (Å²) in [7, 11) is 1.60. The Bertz CT molecular complexity index is 1230. The molecule has 1 heterocycles. The number of methoxy groups -OCH3 is 1. The second kappa shape index (κ2) is 9.82. The molecule has 3 aromatic carbocycles. The van der Waals surface area contributed by atoms with E-state index in [1.807, 2.05) is 54.6 Å². The highest BCUT2D eigenvalue weighted by Crippen LogP contribution is 2.29. The lowest BCUT2D eigenvalue weighted by molar-refractivity contribution is 0.104. The van der Waals surface area contributed by atoms with Gasteiger partial charge in [-0.15, -0.1) is 11.8 Å². The van der Waals surface area contributed by atoms with Crippen molar-refractivity contribution in [2.24, 2.45) is 0 Å². The second-order valence-electron chi connectivity index (χ2n) is 6.92. The number of nitrogens with zero attached hydrogens (tertiary/aromatic N) is 1. The average molecular weight is 446 g/mol. The fraction of sp³-hybridized carbons (Fsp3) is 0.0769. The van der Waals surface area contributed by atoms with Gasteiger partial charge in [0.15, 0.2) is 5.78 Å². The van der Waals surface area contributed by atoms with Crippen LogP contribution in [0.25, 0.3) is 17.0 Å². The van der Waals surface area contributed by atoms with Gasteiger partial charge >= 0.3 is 0 Å². The predicted molar refractivity (Wildman–Crippen MR) is 129 cm³/mol. The molecule has 3 nitrogen and oxygen atoms in total. The summed E-state index contributed by atoms with van der Waals surface area (Å²) in [4.78, 5) is 17.5. The van der Waals surface area contributed by atoms with Gasteiger partial charge in [-0.05, 0) is 66.2 Å². The van der Waals surface area contributed by atoms with Crippen molar-refractivity contribution < 1.29 is 9.53 Å². The Morgan fingerprint density at radius 3 is 2.52 bits per heavy atom. The monoisotopic (exact) mass is 445 g/mol. The molecule has 4 aromatic rings. The molecule has 0 saturated heterocycles. The lowest BCUT2D eigenvalue weighted by Crippen LogP contribution is -1.95. The van der Waals surface area contributed by atoms with Crippen LogP contribution < -0.4 is 4.74 Å². The van der Waals surface area contributed by atoms with Gasteiger partial charge in [0.05, 0.1) is 12.6 Å². The highest BCUT2D eigenvalue weighted by Gasteiger charge is 2.08. The largest absolute Gasteiger partial charge is 0.497 e. The summed E-state index contributed by atoms with van der Waals surface area (Å²) in [5.74, 6) is 1.42. The number of ketones is 1. The molecule has 154 valence electrons. The molecule has 0 fully saturated rings. The summed E-state index contributed by atoms with van der Waals surface area (Å²) >= 11 is 7.63. The number of ether oxygens (including phenoxy) is 1. The molecule has 0 aliphatic rings. The van der Waals surface area contributed by atoms with Crippen LogP contribution in [0.15, 0.2) is 90.0 Å². The van der Waals surface area contributed by atoms with Crippen LogP contribution in [0.2, 0.25) is 5.02 Å². The van der Waals surface area contributed by atoms with Crippen molar-refractivity contribution in [1.29, 1.82) is 0 Å². The molecular formula is C26H20ClNO2S. The van der Waals surface area contributed by atoms with Crippen LogP contribution in [0.1, 0.15) is 21.5 Å². The number of carbonyl (C=O) groups excluding carboxylic acids is 1. The second-order valence-corrected chi connectivity index (χ2v) is 8.32. The molecule has 0 spiro atoms. The van der Waals surface area contributed by atoms with Crippen LogP contribution in [0.4, 0.5) is 0 Å². The highest BCUT2D eigenvalue weighted by atomic mass is 35.5. The van der Waals surface area contributed by atoms with Crippen molar-refractivity contribution >= 4 is 46.1 Å². The maximum atomic E-state index is 12.6. The summed E-state index contributed by atoms with van der Waals surface area (Å²) in [6.45, 7) is 0. The third-order valence-corrected chi connectivity index (χ3v) is 6.12. The number of fused-ring (bicyclic) bond motifs is 1. The first-order valence-electron chi connectivity index (χ1n) is 9.76. The summed E-state index contributed by atoms with van der Waals surface area (Å²) in [5, 5.41) is 2.64. The number of para-hydroxylation sites is 1. The lowest BCUT2D eigenvalue weighted by atomic mass is 10.1. The molecule has 0 saturated carbocycles. The molecule has 0 atom stereocenters. The van der Waals surface area contributed by atoms with E-state index < -0.39 is 0 Å². The molecule has 0 bridgehead atoms. The number of benzene rings is 3. The van der Waals surface area contributed by atoms with Crippen LogP contribution in [0.5, 0.6) is 5.75 Å². The van der Waals surface area contributed by atoms with E-state index in [0.29, 0.717) is 5.56 Å². The Hall–Kier alpha value is -3.08. The van der Waals surface area contributed by atoms with E-state index in [1.54, 1.807) is 49.2 Å². The van der Waals surface area contributed by atoms with Crippen LogP contribution in [-0.4, -0.2) is 17.9 Å². The molecule has 1 aromatic heterocycles. The van der Waals surface area contributed by atoms with Gasteiger partial charge in [-0.25, -0.2) is 4.98 Å². The minimum atomic E-state index is -0.0653. The number of hydrogen-bond donors (Lipinski definition) is 0. The van der Waals surface area contributed by atoms with E-state index in [2.05, 4.69) is 6.07 Å². The smallest absolute Gasteiger partial charge is 0.185 e. The number of allylic oxidation sites excluding steroid dienone is 1. The molecular weight excluding hydrogens is 426 g/mol. The van der Waals surface area contributed by atoms with Crippen molar-refractivity contribution in [3.05, 3.63) is 107 Å². The van der Waals surface area contributed by atoms with Gasteiger partial charge in [-0.2, -0.15) is 0 Å². The Kier molecular flexibility index (Phi) is 6.70. The number of hydrogen-bond acceptors (Lipinski definition) is 4. The fourth-order valence-corrected chi connectivity index (χ4v) is 4.18. The molecule has 0 N–H and O–H groups in total. The standard InChI is InChI=1S/C26H20ClNO2S/c1-30-23-13-8-19(9-14-23)25(29)15-10-21-16-20-4-2-3-5-24(20)28-26(21)31-17-18-6-11-22(27)12-7-18/h2-16H,17H2,1H3/b15-10+. The van der Waals surface area contributed by atoms with Crippen molar-refractivity contribution in [3.63, 3.8) is 0 Å². The Morgan fingerprint density at radius 1 is 1.03 bits per heavy atom. The number of pyridine rings is 1. The van der Waals surface area contributed by atoms with E-state index in [1.165, 1.54) is 0 Å². The van der Waals surface area contributed by atoms with Crippen molar-refractivity contribution in [2.75, 3.05) is 7.11 Å². The highest BCUT2D eigenvalue weighted by molar-refractivity contribution is 7.98. The number of aromatic nitrogens is 1. The first kappa shape index (κ1) is 21.2. The van der Waals surface area contributed by atoms with Crippen molar-refractivity contribution in [3.8, 4) is 5.75 Å². The molecule has 0 radical (unpaired) electrons. The maximum absolute atomic E-state index is 12.6. The normalized spacial score (nSPS) is 11.2. The van der Waals surface area contributed by atoms with E-state index in [9.17, 15) is 4.79 Å². The first-order valence-corrected chi connectivity index (χ1v) is 11.1. The van der Waals surface area contributed by atoms with Crippen molar-refractivity contribution in [1.82, 2.24) is 4.98 Å². The first-order chi connectivity index (χ1) is 15.1. The quantitative estimate of drug-likeness (QED) is 0.173. The molecule has 5 heteroatoms. The minimum Gasteiger partial charge on any atom is -0.497 e. The van der Waals surface area contributed by atoms with E-state index in [-0.39, 0.29) is 5.78 Å². The number of halogens is 1. The molecule has 31 heavy (non-hydrogen) atoms. The fourth-order valence-electron chi connectivity index (χ4n) is 3.10. The SMILES string of the molecule is COc1ccc(C(=O)/C=C/c2cc3ccccc3nc2SCc2ccc(Cl)cc2)cc1. The van der Waals surface area contributed by atoms with E-state index in [4.69, 9.17) is 21.3 Å². The zero-order valence-corrected chi connectivity index (χ0v) is 18.5. The Labute approximate surface area is 190 Å². The van der Waals surface area contributed by atoms with E-state index >= 15 is 0 Å².